The lowest BCUT2D eigenvalue weighted by Gasteiger charge is -2.25. The van der Waals surface area contributed by atoms with Crippen molar-refractivity contribution < 1.29 is 14.4 Å². The molecule has 2 aliphatic rings. The number of para-hydroxylation sites is 1. The minimum absolute atomic E-state index is 0.0390. The largest absolute Gasteiger partial charge is 0.352 e. The molecule has 6 nitrogen and oxygen atoms in total. The van der Waals surface area contributed by atoms with Gasteiger partial charge in [0.1, 0.15) is 6.04 Å². The van der Waals surface area contributed by atoms with E-state index in [4.69, 9.17) is 0 Å². The molecule has 1 aliphatic heterocycles. The summed E-state index contributed by atoms with van der Waals surface area (Å²) in [4.78, 5) is 38.2. The highest BCUT2D eigenvalue weighted by atomic mass is 16.2. The summed E-state index contributed by atoms with van der Waals surface area (Å²) in [6.07, 6.45) is 6.37. The molecule has 1 unspecified atom stereocenters. The molecule has 1 aliphatic carbocycles. The summed E-state index contributed by atoms with van der Waals surface area (Å²) in [5.41, 5.74) is 0.719. The van der Waals surface area contributed by atoms with Gasteiger partial charge in [-0.1, -0.05) is 37.5 Å². The molecule has 0 spiro atoms. The zero-order valence-electron chi connectivity index (χ0n) is 14.4. The number of hydrogen-bond acceptors (Lipinski definition) is 3. The smallest absolute Gasteiger partial charge is 0.243 e. The van der Waals surface area contributed by atoms with Gasteiger partial charge >= 0.3 is 0 Å². The minimum Gasteiger partial charge on any atom is -0.352 e. The second kappa shape index (κ2) is 8.14. The summed E-state index contributed by atoms with van der Waals surface area (Å²) >= 11 is 0. The van der Waals surface area contributed by atoms with Gasteiger partial charge in [-0.25, -0.2) is 0 Å². The highest BCUT2D eigenvalue weighted by Gasteiger charge is 2.37. The van der Waals surface area contributed by atoms with Crippen LogP contribution in [0.4, 0.5) is 5.69 Å². The third-order valence-electron chi connectivity index (χ3n) is 4.94. The summed E-state index contributed by atoms with van der Waals surface area (Å²) in [6, 6.07) is 8.87. The van der Waals surface area contributed by atoms with Crippen molar-refractivity contribution in [2.75, 3.05) is 11.4 Å². The predicted octanol–water partition coefficient (Wildman–Crippen LogP) is 1.75. The monoisotopic (exact) mass is 343 g/mol. The van der Waals surface area contributed by atoms with E-state index in [0.717, 1.165) is 31.4 Å². The van der Waals surface area contributed by atoms with Crippen molar-refractivity contribution in [1.82, 2.24) is 10.6 Å². The van der Waals surface area contributed by atoms with Gasteiger partial charge in [0.15, 0.2) is 0 Å². The van der Waals surface area contributed by atoms with Crippen LogP contribution in [0.25, 0.3) is 0 Å². The number of amides is 3. The van der Waals surface area contributed by atoms with Gasteiger partial charge in [0.2, 0.25) is 17.7 Å². The molecular weight excluding hydrogens is 318 g/mol. The Balaban J connectivity index is 1.53. The van der Waals surface area contributed by atoms with Gasteiger partial charge in [-0.3, -0.25) is 19.3 Å². The summed E-state index contributed by atoms with van der Waals surface area (Å²) in [6.45, 7) is -0.0390. The first-order valence-corrected chi connectivity index (χ1v) is 9.09. The average molecular weight is 343 g/mol. The Kier molecular flexibility index (Phi) is 5.68. The second-order valence-corrected chi connectivity index (χ2v) is 6.77. The molecule has 25 heavy (non-hydrogen) atoms. The molecule has 134 valence electrons. The molecule has 2 fully saturated rings. The zero-order valence-corrected chi connectivity index (χ0v) is 14.4. The molecule has 1 saturated carbocycles. The Morgan fingerprint density at radius 2 is 1.76 bits per heavy atom. The van der Waals surface area contributed by atoms with E-state index in [1.807, 2.05) is 30.3 Å². The van der Waals surface area contributed by atoms with Crippen molar-refractivity contribution >= 4 is 23.4 Å². The van der Waals surface area contributed by atoms with E-state index in [1.165, 1.54) is 11.3 Å². The lowest BCUT2D eigenvalue weighted by atomic mass is 9.95. The van der Waals surface area contributed by atoms with Crippen LogP contribution in [0.3, 0.4) is 0 Å². The molecule has 1 aromatic carbocycles. The molecule has 1 heterocycles. The van der Waals surface area contributed by atoms with Crippen molar-refractivity contribution in [3.05, 3.63) is 30.3 Å². The minimum atomic E-state index is -0.544. The standard InChI is InChI=1S/C19H25N3O3/c23-17(21-14-7-3-1-4-8-14)13-20-19(25)16-11-12-18(24)22(16)15-9-5-2-6-10-15/h2,5-6,9-10,14,16H,1,3-4,7-8,11-13H2,(H,20,25)(H,21,23). The number of hydrogen-bond donors (Lipinski definition) is 2. The Bertz CT molecular complexity index is 626. The molecular formula is C19H25N3O3. The Labute approximate surface area is 148 Å². The highest BCUT2D eigenvalue weighted by molar-refractivity contribution is 6.04. The van der Waals surface area contributed by atoms with E-state index in [0.29, 0.717) is 12.8 Å². The Morgan fingerprint density at radius 3 is 2.48 bits per heavy atom. The van der Waals surface area contributed by atoms with E-state index in [1.54, 1.807) is 0 Å². The van der Waals surface area contributed by atoms with E-state index in [9.17, 15) is 14.4 Å². The fraction of sp³-hybridized carbons (Fsp3) is 0.526. The molecule has 0 bridgehead atoms. The predicted molar refractivity (Wildman–Crippen MR) is 95.0 cm³/mol. The highest BCUT2D eigenvalue weighted by Crippen LogP contribution is 2.26. The molecule has 6 heteroatoms. The summed E-state index contributed by atoms with van der Waals surface area (Å²) in [5, 5.41) is 5.67. The molecule has 2 N–H and O–H groups in total. The van der Waals surface area contributed by atoms with Crippen molar-refractivity contribution in [2.24, 2.45) is 0 Å². The number of anilines is 1. The first kappa shape index (κ1) is 17.5. The molecule has 3 rings (SSSR count). The molecule has 0 radical (unpaired) electrons. The summed E-state index contributed by atoms with van der Waals surface area (Å²) in [5.74, 6) is -0.484. The van der Waals surface area contributed by atoms with Crippen LogP contribution in [-0.2, 0) is 14.4 Å². The first-order chi connectivity index (χ1) is 12.1. The molecule has 3 amide bonds. The van der Waals surface area contributed by atoms with Crippen LogP contribution in [0.1, 0.15) is 44.9 Å². The van der Waals surface area contributed by atoms with Gasteiger partial charge in [0.25, 0.3) is 0 Å². The van der Waals surface area contributed by atoms with Crippen molar-refractivity contribution in [2.45, 2.75) is 57.0 Å². The maximum atomic E-state index is 12.5. The number of carbonyl (C=O) groups is 3. The van der Waals surface area contributed by atoms with E-state index in [-0.39, 0.29) is 30.3 Å². The van der Waals surface area contributed by atoms with Gasteiger partial charge < -0.3 is 10.6 Å². The van der Waals surface area contributed by atoms with Crippen molar-refractivity contribution in [3.8, 4) is 0 Å². The van der Waals surface area contributed by atoms with Crippen molar-refractivity contribution in [3.63, 3.8) is 0 Å². The Morgan fingerprint density at radius 1 is 1.04 bits per heavy atom. The SMILES string of the molecule is O=C(CNC(=O)C1CCC(=O)N1c1ccccc1)NC1CCCCC1. The number of nitrogens with one attached hydrogen (secondary N) is 2. The number of nitrogens with zero attached hydrogens (tertiary/aromatic N) is 1. The number of carbonyl (C=O) groups excluding carboxylic acids is 3. The van der Waals surface area contributed by atoms with Crippen LogP contribution in [0.5, 0.6) is 0 Å². The first-order valence-electron chi connectivity index (χ1n) is 9.09. The maximum Gasteiger partial charge on any atom is 0.243 e. The van der Waals surface area contributed by atoms with E-state index < -0.39 is 6.04 Å². The van der Waals surface area contributed by atoms with Crippen LogP contribution >= 0.6 is 0 Å². The van der Waals surface area contributed by atoms with Crippen LogP contribution in [-0.4, -0.2) is 36.3 Å². The number of rotatable bonds is 5. The van der Waals surface area contributed by atoms with Crippen LogP contribution < -0.4 is 15.5 Å². The maximum absolute atomic E-state index is 12.5. The van der Waals surface area contributed by atoms with Gasteiger partial charge in [0, 0.05) is 18.2 Å². The topological polar surface area (TPSA) is 78.5 Å². The fourth-order valence-corrected chi connectivity index (χ4v) is 3.66. The van der Waals surface area contributed by atoms with Gasteiger partial charge in [-0.15, -0.1) is 0 Å². The summed E-state index contributed by atoms with van der Waals surface area (Å²) < 4.78 is 0. The average Bonchev–Trinajstić information content (AvgIpc) is 3.03. The van der Waals surface area contributed by atoms with Crippen molar-refractivity contribution in [1.29, 1.82) is 0 Å². The molecule has 1 saturated heterocycles. The lowest BCUT2D eigenvalue weighted by Crippen LogP contribution is -2.48. The van der Waals surface area contributed by atoms with Crippen LogP contribution in [0.2, 0.25) is 0 Å². The van der Waals surface area contributed by atoms with E-state index >= 15 is 0 Å². The third-order valence-corrected chi connectivity index (χ3v) is 4.94. The van der Waals surface area contributed by atoms with Crippen LogP contribution in [0, 0.1) is 0 Å². The summed E-state index contributed by atoms with van der Waals surface area (Å²) in [7, 11) is 0. The quantitative estimate of drug-likeness (QED) is 0.855. The Hall–Kier alpha value is -2.37. The van der Waals surface area contributed by atoms with E-state index in [2.05, 4.69) is 10.6 Å². The molecule has 1 atom stereocenters. The zero-order chi connectivity index (χ0) is 17.6. The van der Waals surface area contributed by atoms with Gasteiger partial charge in [-0.2, -0.15) is 0 Å². The van der Waals surface area contributed by atoms with Gasteiger partial charge in [-0.05, 0) is 31.4 Å². The molecule has 1 aromatic rings. The van der Waals surface area contributed by atoms with Crippen LogP contribution in [0.15, 0.2) is 30.3 Å². The fourth-order valence-electron chi connectivity index (χ4n) is 3.66. The number of benzene rings is 1. The normalized spacial score (nSPS) is 21.2. The molecule has 0 aromatic heterocycles. The lowest BCUT2D eigenvalue weighted by molar-refractivity contribution is -0.127. The second-order valence-electron chi connectivity index (χ2n) is 6.77. The third kappa shape index (κ3) is 4.38. The van der Waals surface area contributed by atoms with Gasteiger partial charge in [0.05, 0.1) is 6.54 Å².